The van der Waals surface area contributed by atoms with Crippen molar-refractivity contribution in [2.45, 2.75) is 32.2 Å². The van der Waals surface area contributed by atoms with Gasteiger partial charge in [0.25, 0.3) is 5.91 Å². The molecule has 1 aliphatic carbocycles. The van der Waals surface area contributed by atoms with Crippen molar-refractivity contribution >= 4 is 5.91 Å². The van der Waals surface area contributed by atoms with Gasteiger partial charge in [0.15, 0.2) is 0 Å². The van der Waals surface area contributed by atoms with Crippen LogP contribution in [-0.4, -0.2) is 22.8 Å². The van der Waals surface area contributed by atoms with Crippen LogP contribution in [0.2, 0.25) is 0 Å². The quantitative estimate of drug-likeness (QED) is 0.923. The summed E-state index contributed by atoms with van der Waals surface area (Å²) in [6.45, 7) is 2.47. The van der Waals surface area contributed by atoms with E-state index >= 15 is 0 Å². The standard InChI is InChI=1S/C17H21N3O2/c1-11-13(5-4-6-16(11)22-3)10-18-17(21)15-9-14(12-7-8-12)19-20(15)2/h4-6,9,12H,7-8,10H2,1-3H3,(H,18,21). The number of rotatable bonds is 5. The number of benzene rings is 1. The van der Waals surface area contributed by atoms with E-state index in [1.165, 1.54) is 12.8 Å². The average molecular weight is 299 g/mol. The Kier molecular flexibility index (Phi) is 3.88. The fourth-order valence-electron chi connectivity index (χ4n) is 2.62. The maximum atomic E-state index is 12.4. The van der Waals surface area contributed by atoms with Gasteiger partial charge >= 0.3 is 0 Å². The Labute approximate surface area is 130 Å². The molecule has 1 amide bonds. The van der Waals surface area contributed by atoms with Crippen molar-refractivity contribution in [3.8, 4) is 5.75 Å². The van der Waals surface area contributed by atoms with E-state index in [1.54, 1.807) is 11.8 Å². The van der Waals surface area contributed by atoms with Crippen molar-refractivity contribution in [2.24, 2.45) is 7.05 Å². The summed E-state index contributed by atoms with van der Waals surface area (Å²) in [5, 5.41) is 7.40. The first-order valence-corrected chi connectivity index (χ1v) is 7.54. The Morgan fingerprint density at radius 1 is 1.45 bits per heavy atom. The monoisotopic (exact) mass is 299 g/mol. The zero-order valence-corrected chi connectivity index (χ0v) is 13.2. The number of hydrogen-bond donors (Lipinski definition) is 1. The first kappa shape index (κ1) is 14.6. The SMILES string of the molecule is COc1cccc(CNC(=O)c2cc(C3CC3)nn2C)c1C. The number of nitrogens with one attached hydrogen (secondary N) is 1. The van der Waals surface area contributed by atoms with Gasteiger partial charge < -0.3 is 10.1 Å². The largest absolute Gasteiger partial charge is 0.496 e. The summed E-state index contributed by atoms with van der Waals surface area (Å²) in [5.41, 5.74) is 3.75. The molecule has 0 unspecified atom stereocenters. The third-order valence-corrected chi connectivity index (χ3v) is 4.18. The third-order valence-electron chi connectivity index (χ3n) is 4.18. The lowest BCUT2D eigenvalue weighted by Crippen LogP contribution is -2.25. The van der Waals surface area contributed by atoms with Gasteiger partial charge in [-0.3, -0.25) is 9.48 Å². The van der Waals surface area contributed by atoms with Crippen LogP contribution in [0.1, 0.15) is 46.1 Å². The highest BCUT2D eigenvalue weighted by Crippen LogP contribution is 2.39. The van der Waals surface area contributed by atoms with Crippen LogP contribution in [-0.2, 0) is 13.6 Å². The van der Waals surface area contributed by atoms with Gasteiger partial charge in [0.1, 0.15) is 11.4 Å². The summed E-state index contributed by atoms with van der Waals surface area (Å²) < 4.78 is 6.97. The predicted octanol–water partition coefficient (Wildman–Crippen LogP) is 2.54. The number of carbonyl (C=O) groups is 1. The fourth-order valence-corrected chi connectivity index (χ4v) is 2.62. The van der Waals surface area contributed by atoms with Crippen LogP contribution >= 0.6 is 0 Å². The van der Waals surface area contributed by atoms with Crippen molar-refractivity contribution in [2.75, 3.05) is 7.11 Å². The van der Waals surface area contributed by atoms with Crippen LogP contribution in [0.25, 0.3) is 0 Å². The molecule has 1 aromatic heterocycles. The smallest absolute Gasteiger partial charge is 0.269 e. The number of ether oxygens (including phenoxy) is 1. The molecule has 5 heteroatoms. The van der Waals surface area contributed by atoms with Crippen molar-refractivity contribution in [1.29, 1.82) is 0 Å². The number of hydrogen-bond acceptors (Lipinski definition) is 3. The minimum atomic E-state index is -0.0934. The maximum absolute atomic E-state index is 12.4. The molecular weight excluding hydrogens is 278 g/mol. The highest BCUT2D eigenvalue weighted by molar-refractivity contribution is 5.92. The molecule has 22 heavy (non-hydrogen) atoms. The van der Waals surface area contributed by atoms with Gasteiger partial charge in [-0.05, 0) is 43.0 Å². The Morgan fingerprint density at radius 2 is 2.23 bits per heavy atom. The number of methoxy groups -OCH3 is 1. The topological polar surface area (TPSA) is 56.1 Å². The molecule has 0 aliphatic heterocycles. The zero-order valence-electron chi connectivity index (χ0n) is 13.2. The second-order valence-corrected chi connectivity index (χ2v) is 5.78. The summed E-state index contributed by atoms with van der Waals surface area (Å²) in [7, 11) is 3.47. The first-order chi connectivity index (χ1) is 10.6. The van der Waals surface area contributed by atoms with Gasteiger partial charge in [-0.15, -0.1) is 0 Å². The van der Waals surface area contributed by atoms with E-state index in [1.807, 2.05) is 38.2 Å². The highest BCUT2D eigenvalue weighted by atomic mass is 16.5. The molecule has 0 saturated heterocycles. The van der Waals surface area contributed by atoms with Gasteiger partial charge in [-0.2, -0.15) is 5.10 Å². The van der Waals surface area contributed by atoms with Gasteiger partial charge in [-0.1, -0.05) is 12.1 Å². The Hall–Kier alpha value is -2.30. The molecule has 1 aliphatic rings. The van der Waals surface area contributed by atoms with Crippen molar-refractivity contribution < 1.29 is 9.53 Å². The summed E-state index contributed by atoms with van der Waals surface area (Å²) in [6.07, 6.45) is 2.36. The van der Waals surface area contributed by atoms with E-state index in [4.69, 9.17) is 4.74 Å². The Balaban J connectivity index is 1.70. The molecule has 5 nitrogen and oxygen atoms in total. The molecule has 1 N–H and O–H groups in total. The van der Waals surface area contributed by atoms with Crippen LogP contribution in [0.15, 0.2) is 24.3 Å². The molecule has 3 rings (SSSR count). The lowest BCUT2D eigenvalue weighted by Gasteiger charge is -2.11. The maximum Gasteiger partial charge on any atom is 0.269 e. The van der Waals surface area contributed by atoms with E-state index in [0.29, 0.717) is 18.2 Å². The van der Waals surface area contributed by atoms with Crippen molar-refractivity contribution in [1.82, 2.24) is 15.1 Å². The van der Waals surface area contributed by atoms with Crippen molar-refractivity contribution in [3.63, 3.8) is 0 Å². The van der Waals surface area contributed by atoms with Gasteiger partial charge in [0.05, 0.1) is 12.8 Å². The first-order valence-electron chi connectivity index (χ1n) is 7.54. The molecule has 1 fully saturated rings. The number of nitrogens with zero attached hydrogens (tertiary/aromatic N) is 2. The average Bonchev–Trinajstić information content (AvgIpc) is 3.29. The van der Waals surface area contributed by atoms with E-state index in [9.17, 15) is 4.79 Å². The van der Waals surface area contributed by atoms with Crippen LogP contribution < -0.4 is 10.1 Å². The molecule has 0 radical (unpaired) electrons. The second-order valence-electron chi connectivity index (χ2n) is 5.78. The van der Waals surface area contributed by atoms with Gasteiger partial charge in [0, 0.05) is 19.5 Å². The normalized spacial score (nSPS) is 14.0. The fraction of sp³-hybridized carbons (Fsp3) is 0.412. The van der Waals surface area contributed by atoms with Gasteiger partial charge in [0.2, 0.25) is 0 Å². The summed E-state index contributed by atoms with van der Waals surface area (Å²) in [4.78, 5) is 12.4. The molecule has 0 bridgehead atoms. The van der Waals surface area contributed by atoms with Crippen LogP contribution in [0.3, 0.4) is 0 Å². The van der Waals surface area contributed by atoms with Crippen LogP contribution in [0, 0.1) is 6.92 Å². The minimum absolute atomic E-state index is 0.0934. The lowest BCUT2D eigenvalue weighted by molar-refractivity contribution is 0.0941. The number of carbonyl (C=O) groups excluding carboxylic acids is 1. The predicted molar refractivity (Wildman–Crippen MR) is 84.1 cm³/mol. The minimum Gasteiger partial charge on any atom is -0.496 e. The van der Waals surface area contributed by atoms with E-state index in [2.05, 4.69) is 10.4 Å². The third kappa shape index (κ3) is 2.84. The number of aromatic nitrogens is 2. The molecule has 1 aromatic carbocycles. The van der Waals surface area contributed by atoms with Crippen LogP contribution in [0.4, 0.5) is 0 Å². The lowest BCUT2D eigenvalue weighted by atomic mass is 10.1. The molecule has 1 saturated carbocycles. The number of aryl methyl sites for hydroxylation is 1. The Morgan fingerprint density at radius 3 is 2.91 bits per heavy atom. The van der Waals surface area contributed by atoms with Crippen LogP contribution in [0.5, 0.6) is 5.75 Å². The highest BCUT2D eigenvalue weighted by Gasteiger charge is 2.28. The number of amides is 1. The molecule has 2 aromatic rings. The van der Waals surface area contributed by atoms with E-state index in [-0.39, 0.29) is 5.91 Å². The van der Waals surface area contributed by atoms with Gasteiger partial charge in [-0.25, -0.2) is 0 Å². The van der Waals surface area contributed by atoms with E-state index < -0.39 is 0 Å². The summed E-state index contributed by atoms with van der Waals surface area (Å²) >= 11 is 0. The summed E-state index contributed by atoms with van der Waals surface area (Å²) in [6, 6.07) is 7.76. The molecule has 0 spiro atoms. The van der Waals surface area contributed by atoms with Crippen molar-refractivity contribution in [3.05, 3.63) is 46.8 Å². The second kappa shape index (κ2) is 5.83. The molecule has 1 heterocycles. The summed E-state index contributed by atoms with van der Waals surface area (Å²) in [5.74, 6) is 1.29. The molecule has 116 valence electrons. The Bertz CT molecular complexity index is 702. The zero-order chi connectivity index (χ0) is 15.7. The molecular formula is C17H21N3O2. The van der Waals surface area contributed by atoms with E-state index in [0.717, 1.165) is 22.6 Å². The molecule has 0 atom stereocenters.